The van der Waals surface area contributed by atoms with Gasteiger partial charge in [0.15, 0.2) is 11.5 Å². The first kappa shape index (κ1) is 19.4. The molecule has 0 unspecified atom stereocenters. The minimum absolute atomic E-state index is 0.0430. The van der Waals surface area contributed by atoms with Gasteiger partial charge in [0, 0.05) is 18.2 Å². The molecule has 1 atom stereocenters. The molecule has 0 bridgehead atoms. The van der Waals surface area contributed by atoms with E-state index in [-0.39, 0.29) is 24.2 Å². The van der Waals surface area contributed by atoms with Gasteiger partial charge in [-0.1, -0.05) is 47.6 Å². The van der Waals surface area contributed by atoms with E-state index in [1.54, 1.807) is 17.4 Å². The van der Waals surface area contributed by atoms with Crippen molar-refractivity contribution in [2.45, 2.75) is 18.9 Å². The Bertz CT molecular complexity index is 1200. The quantitative estimate of drug-likeness (QED) is 0.514. The van der Waals surface area contributed by atoms with E-state index in [9.17, 15) is 9.59 Å². The lowest BCUT2D eigenvalue weighted by molar-refractivity contribution is -0.131. The number of rotatable bonds is 5. The fraction of sp³-hybridized carbons (Fsp3) is 0.217. The number of likely N-dealkylation sites (tertiary alicyclic amines) is 1. The third-order valence-corrected chi connectivity index (χ3v) is 6.51. The van der Waals surface area contributed by atoms with Gasteiger partial charge >= 0.3 is 0 Å². The second kappa shape index (κ2) is 8.31. The Morgan fingerprint density at radius 3 is 2.77 bits per heavy atom. The first-order chi connectivity index (χ1) is 15.2. The van der Waals surface area contributed by atoms with Crippen LogP contribution in [-0.2, 0) is 4.79 Å². The highest BCUT2D eigenvalue weighted by molar-refractivity contribution is 7.18. The molecule has 5 rings (SSSR count). The minimum atomic E-state index is -0.435. The Balaban J connectivity index is 1.23. The number of carbonyl (C=O) groups is 2. The highest BCUT2D eigenvalue weighted by Crippen LogP contribution is 2.36. The van der Waals surface area contributed by atoms with Crippen LogP contribution in [0.4, 0.5) is 0 Å². The van der Waals surface area contributed by atoms with E-state index in [0.29, 0.717) is 12.3 Å². The number of nitrogens with one attached hydrogen (secondary N) is 1. The summed E-state index contributed by atoms with van der Waals surface area (Å²) in [6, 6.07) is 18.9. The van der Waals surface area contributed by atoms with Crippen molar-refractivity contribution in [2.24, 2.45) is 0 Å². The lowest BCUT2D eigenvalue weighted by Crippen LogP contribution is -2.39. The maximum Gasteiger partial charge on any atom is 0.273 e. The summed E-state index contributed by atoms with van der Waals surface area (Å²) in [5, 5.41) is 7.45. The highest BCUT2D eigenvalue weighted by atomic mass is 32.1. The van der Waals surface area contributed by atoms with Crippen molar-refractivity contribution < 1.29 is 14.1 Å². The zero-order chi connectivity index (χ0) is 21.2. The van der Waals surface area contributed by atoms with Crippen LogP contribution in [0.25, 0.3) is 21.5 Å². The summed E-state index contributed by atoms with van der Waals surface area (Å²) >= 11 is 1.62. The van der Waals surface area contributed by atoms with Crippen LogP contribution in [0.3, 0.4) is 0 Å². The average Bonchev–Trinajstić information content (AvgIpc) is 3.56. The van der Waals surface area contributed by atoms with Gasteiger partial charge in [0.25, 0.3) is 5.91 Å². The molecule has 2 aromatic heterocycles. The van der Waals surface area contributed by atoms with Gasteiger partial charge in [-0.05, 0) is 25.0 Å². The third-order valence-electron chi connectivity index (χ3n) is 5.37. The van der Waals surface area contributed by atoms with Gasteiger partial charge < -0.3 is 14.7 Å². The molecular formula is C23H20N4O3S. The maximum absolute atomic E-state index is 12.9. The molecule has 3 heterocycles. The van der Waals surface area contributed by atoms with Crippen molar-refractivity contribution in [1.29, 1.82) is 0 Å². The Kier molecular flexibility index (Phi) is 5.21. The van der Waals surface area contributed by atoms with Crippen LogP contribution in [0.15, 0.2) is 65.2 Å². The van der Waals surface area contributed by atoms with E-state index >= 15 is 0 Å². The standard InChI is InChI=1S/C23H20N4O3S/c28-21(14-24-22(29)17-13-19(30-26-17)15-7-2-1-3-8-15)27-12-6-10-18(27)23-25-16-9-4-5-11-20(16)31-23/h1-5,7-9,11,13,18H,6,10,12,14H2,(H,24,29)/t18-/m0/s1. The molecule has 1 aliphatic rings. The van der Waals surface area contributed by atoms with Crippen LogP contribution in [0, 0.1) is 0 Å². The Morgan fingerprint density at radius 2 is 1.94 bits per heavy atom. The number of thiazole rings is 1. The number of carbonyl (C=O) groups excluding carboxylic acids is 2. The van der Waals surface area contributed by atoms with Crippen molar-refractivity contribution in [1.82, 2.24) is 20.4 Å². The van der Waals surface area contributed by atoms with Crippen LogP contribution in [0.1, 0.15) is 34.4 Å². The van der Waals surface area contributed by atoms with Crippen LogP contribution < -0.4 is 5.32 Å². The molecule has 2 amide bonds. The number of para-hydroxylation sites is 1. The molecule has 0 spiro atoms. The van der Waals surface area contributed by atoms with Gasteiger partial charge in [-0.25, -0.2) is 4.98 Å². The normalized spacial score (nSPS) is 16.0. The van der Waals surface area contributed by atoms with Crippen LogP contribution in [0.2, 0.25) is 0 Å². The first-order valence-electron chi connectivity index (χ1n) is 10.1. The van der Waals surface area contributed by atoms with E-state index in [0.717, 1.165) is 33.6 Å². The van der Waals surface area contributed by atoms with Crippen molar-refractivity contribution >= 4 is 33.4 Å². The topological polar surface area (TPSA) is 88.3 Å². The first-order valence-corrected chi connectivity index (χ1v) is 11.0. The number of fused-ring (bicyclic) bond motifs is 1. The zero-order valence-corrected chi connectivity index (χ0v) is 17.5. The van der Waals surface area contributed by atoms with Gasteiger partial charge in [0.05, 0.1) is 22.8 Å². The average molecular weight is 433 g/mol. The number of benzene rings is 2. The summed E-state index contributed by atoms with van der Waals surface area (Å²) in [6.07, 6.45) is 1.80. The molecule has 1 saturated heterocycles. The van der Waals surface area contributed by atoms with Crippen molar-refractivity contribution in [3.8, 4) is 11.3 Å². The van der Waals surface area contributed by atoms with E-state index in [2.05, 4.69) is 10.5 Å². The molecule has 2 aromatic carbocycles. The van der Waals surface area contributed by atoms with Crippen molar-refractivity contribution in [3.05, 3.63) is 71.4 Å². The van der Waals surface area contributed by atoms with Gasteiger partial charge in [-0.2, -0.15) is 0 Å². The molecule has 0 aliphatic carbocycles. The Labute approximate surface area is 182 Å². The molecule has 0 radical (unpaired) electrons. The Morgan fingerprint density at radius 1 is 1.13 bits per heavy atom. The van der Waals surface area contributed by atoms with E-state index in [1.165, 1.54) is 0 Å². The number of nitrogens with zero attached hydrogens (tertiary/aromatic N) is 3. The van der Waals surface area contributed by atoms with Gasteiger partial charge in [-0.3, -0.25) is 9.59 Å². The molecule has 1 fully saturated rings. The van der Waals surface area contributed by atoms with E-state index < -0.39 is 5.91 Å². The van der Waals surface area contributed by atoms with E-state index in [1.807, 2.05) is 59.5 Å². The molecule has 8 heteroatoms. The predicted octanol–water partition coefficient (Wildman–Crippen LogP) is 4.04. The molecule has 156 valence electrons. The number of aromatic nitrogens is 2. The monoisotopic (exact) mass is 432 g/mol. The second-order valence-electron chi connectivity index (χ2n) is 7.39. The van der Waals surface area contributed by atoms with Crippen LogP contribution in [0.5, 0.6) is 0 Å². The van der Waals surface area contributed by atoms with Gasteiger partial charge in [0.1, 0.15) is 5.01 Å². The van der Waals surface area contributed by atoms with Gasteiger partial charge in [-0.15, -0.1) is 11.3 Å². The summed E-state index contributed by atoms with van der Waals surface area (Å²) in [4.78, 5) is 31.8. The summed E-state index contributed by atoms with van der Waals surface area (Å²) in [7, 11) is 0. The minimum Gasteiger partial charge on any atom is -0.355 e. The summed E-state index contributed by atoms with van der Waals surface area (Å²) < 4.78 is 6.39. The molecule has 0 saturated carbocycles. The smallest absolute Gasteiger partial charge is 0.273 e. The lowest BCUT2D eigenvalue weighted by atomic mass is 10.1. The summed E-state index contributed by atoms with van der Waals surface area (Å²) in [6.45, 7) is 0.575. The van der Waals surface area contributed by atoms with Crippen molar-refractivity contribution in [3.63, 3.8) is 0 Å². The lowest BCUT2D eigenvalue weighted by Gasteiger charge is -2.23. The van der Waals surface area contributed by atoms with Gasteiger partial charge in [0.2, 0.25) is 5.91 Å². The number of hydrogen-bond donors (Lipinski definition) is 1. The largest absolute Gasteiger partial charge is 0.355 e. The predicted molar refractivity (Wildman–Crippen MR) is 118 cm³/mol. The van der Waals surface area contributed by atoms with Crippen LogP contribution in [-0.4, -0.2) is 39.9 Å². The number of amides is 2. The molecular weight excluding hydrogens is 412 g/mol. The summed E-state index contributed by atoms with van der Waals surface area (Å²) in [5.41, 5.74) is 1.94. The number of hydrogen-bond acceptors (Lipinski definition) is 6. The Hall–Kier alpha value is -3.52. The highest BCUT2D eigenvalue weighted by Gasteiger charge is 2.32. The molecule has 1 N–H and O–H groups in total. The SMILES string of the molecule is O=C(NCC(=O)N1CCC[C@H]1c1nc2ccccc2s1)c1cc(-c2ccccc2)on1. The molecule has 31 heavy (non-hydrogen) atoms. The fourth-order valence-corrected chi connectivity index (χ4v) is 4.94. The molecule has 4 aromatic rings. The maximum atomic E-state index is 12.9. The van der Waals surface area contributed by atoms with Crippen molar-refractivity contribution in [2.75, 3.05) is 13.1 Å². The third kappa shape index (κ3) is 3.94. The molecule has 7 nitrogen and oxygen atoms in total. The second-order valence-corrected chi connectivity index (χ2v) is 8.45. The summed E-state index contributed by atoms with van der Waals surface area (Å²) in [5.74, 6) is -0.0515. The fourth-order valence-electron chi connectivity index (χ4n) is 3.82. The molecule has 1 aliphatic heterocycles. The van der Waals surface area contributed by atoms with Crippen LogP contribution >= 0.6 is 11.3 Å². The zero-order valence-electron chi connectivity index (χ0n) is 16.7. The van der Waals surface area contributed by atoms with E-state index in [4.69, 9.17) is 9.51 Å².